The molecule has 0 bridgehead atoms. The molecule has 4 rings (SSSR count). The van der Waals surface area contributed by atoms with Gasteiger partial charge in [-0.3, -0.25) is 4.98 Å². The lowest BCUT2D eigenvalue weighted by Gasteiger charge is -2.11. The van der Waals surface area contributed by atoms with Gasteiger partial charge in [-0.25, -0.2) is 4.98 Å². The number of fused-ring (bicyclic) bond motifs is 3. The molecule has 0 fully saturated rings. The fourth-order valence-electron chi connectivity index (χ4n) is 3.02. The van der Waals surface area contributed by atoms with Crippen LogP contribution < -0.4 is 15.2 Å². The van der Waals surface area contributed by atoms with Crippen molar-refractivity contribution < 1.29 is 9.47 Å². The predicted octanol–water partition coefficient (Wildman–Crippen LogP) is 3.65. The number of aromatic nitrogens is 3. The smallest absolute Gasteiger partial charge is 0.162 e. The molecule has 2 aromatic heterocycles. The Morgan fingerprint density at radius 3 is 2.35 bits per heavy atom. The maximum absolute atomic E-state index is 5.77. The first kappa shape index (κ1) is 17.8. The minimum Gasteiger partial charge on any atom is -0.493 e. The van der Waals surface area contributed by atoms with Crippen molar-refractivity contribution >= 4 is 40.0 Å². The highest BCUT2D eigenvalue weighted by Gasteiger charge is 2.13. The van der Waals surface area contributed by atoms with Gasteiger partial charge in [0.05, 0.1) is 37.8 Å². The van der Waals surface area contributed by atoms with Gasteiger partial charge in [-0.15, -0.1) is 12.4 Å². The number of pyridine rings is 1. The van der Waals surface area contributed by atoms with Crippen molar-refractivity contribution in [3.63, 3.8) is 0 Å². The van der Waals surface area contributed by atoms with Gasteiger partial charge in [-0.2, -0.15) is 0 Å². The van der Waals surface area contributed by atoms with E-state index in [4.69, 9.17) is 15.2 Å². The topological polar surface area (TPSA) is 75.2 Å². The Balaban J connectivity index is 0.00000196. The van der Waals surface area contributed by atoms with E-state index in [1.165, 1.54) is 0 Å². The molecule has 0 aliphatic rings. The first-order valence-corrected chi connectivity index (χ1v) is 7.89. The first-order valence-electron chi connectivity index (χ1n) is 7.89. The van der Waals surface area contributed by atoms with Crippen molar-refractivity contribution in [3.8, 4) is 11.5 Å². The highest BCUT2D eigenvalue weighted by atomic mass is 35.5. The average molecular weight is 371 g/mol. The van der Waals surface area contributed by atoms with Gasteiger partial charge in [0.15, 0.2) is 11.5 Å². The molecule has 0 atom stereocenters. The number of anilines is 1. The zero-order chi connectivity index (χ0) is 17.4. The number of nitrogen functional groups attached to an aromatic ring is 1. The molecular formula is C19H19ClN4O2. The van der Waals surface area contributed by atoms with Crippen molar-refractivity contribution in [1.29, 1.82) is 0 Å². The molecular weight excluding hydrogens is 352 g/mol. The van der Waals surface area contributed by atoms with E-state index in [2.05, 4.69) is 14.5 Å². The minimum atomic E-state index is 0. The van der Waals surface area contributed by atoms with E-state index in [0.29, 0.717) is 18.0 Å². The average Bonchev–Trinajstić information content (AvgIpc) is 3.05. The summed E-state index contributed by atoms with van der Waals surface area (Å²) in [6.07, 6.45) is 3.61. The summed E-state index contributed by atoms with van der Waals surface area (Å²) in [7, 11) is 3.25. The van der Waals surface area contributed by atoms with Crippen LogP contribution >= 0.6 is 12.4 Å². The van der Waals surface area contributed by atoms with Crippen LogP contribution in [0.4, 0.5) is 5.69 Å². The van der Waals surface area contributed by atoms with Crippen LogP contribution in [-0.4, -0.2) is 28.8 Å². The third-order valence-electron chi connectivity index (χ3n) is 4.28. The summed E-state index contributed by atoms with van der Waals surface area (Å²) in [5.74, 6) is 1.33. The van der Waals surface area contributed by atoms with E-state index in [0.717, 1.165) is 33.2 Å². The van der Waals surface area contributed by atoms with Crippen LogP contribution in [0.15, 0.2) is 48.9 Å². The molecule has 4 aromatic rings. The summed E-state index contributed by atoms with van der Waals surface area (Å²) < 4.78 is 12.9. The SMILES string of the molecule is COc1cc2ncc3ncn(Cc4ccc(N)cc4)c3c2cc1OC.Cl. The Morgan fingerprint density at radius 1 is 0.962 bits per heavy atom. The Bertz CT molecular complexity index is 1060. The lowest BCUT2D eigenvalue weighted by Crippen LogP contribution is -1.99. The first-order chi connectivity index (χ1) is 12.2. The number of nitrogens with two attached hydrogens (primary N) is 1. The molecule has 26 heavy (non-hydrogen) atoms. The number of imidazole rings is 1. The minimum absolute atomic E-state index is 0. The molecule has 0 unspecified atom stereocenters. The normalized spacial score (nSPS) is 10.7. The third kappa shape index (κ3) is 2.99. The van der Waals surface area contributed by atoms with Crippen molar-refractivity contribution in [1.82, 2.24) is 14.5 Å². The zero-order valence-electron chi connectivity index (χ0n) is 14.5. The van der Waals surface area contributed by atoms with E-state index in [9.17, 15) is 0 Å². The molecule has 2 aromatic carbocycles. The molecule has 0 saturated heterocycles. The second-order valence-electron chi connectivity index (χ2n) is 5.83. The second kappa shape index (κ2) is 7.09. The molecule has 134 valence electrons. The number of methoxy groups -OCH3 is 2. The summed E-state index contributed by atoms with van der Waals surface area (Å²) in [6.45, 7) is 0.699. The van der Waals surface area contributed by atoms with E-state index >= 15 is 0 Å². The van der Waals surface area contributed by atoms with Crippen LogP contribution in [0.1, 0.15) is 5.56 Å². The molecule has 0 spiro atoms. The number of ether oxygens (including phenoxy) is 2. The second-order valence-corrected chi connectivity index (χ2v) is 5.83. The summed E-state index contributed by atoms with van der Waals surface area (Å²) in [5.41, 5.74) is 10.4. The number of hydrogen-bond donors (Lipinski definition) is 1. The van der Waals surface area contributed by atoms with Crippen molar-refractivity contribution in [3.05, 3.63) is 54.5 Å². The summed E-state index contributed by atoms with van der Waals surface area (Å²) in [4.78, 5) is 8.98. The Morgan fingerprint density at radius 2 is 1.65 bits per heavy atom. The Kier molecular flexibility index (Phi) is 4.86. The van der Waals surface area contributed by atoms with Crippen molar-refractivity contribution in [2.24, 2.45) is 0 Å². The maximum atomic E-state index is 5.77. The van der Waals surface area contributed by atoms with E-state index in [1.54, 1.807) is 20.4 Å². The molecule has 7 heteroatoms. The lowest BCUT2D eigenvalue weighted by atomic mass is 10.1. The van der Waals surface area contributed by atoms with Crippen molar-refractivity contribution in [2.45, 2.75) is 6.54 Å². The molecule has 0 saturated carbocycles. The quantitative estimate of drug-likeness (QED) is 0.555. The number of nitrogens with zero attached hydrogens (tertiary/aromatic N) is 3. The number of benzene rings is 2. The molecule has 0 amide bonds. The van der Waals surface area contributed by atoms with Crippen LogP contribution in [0.2, 0.25) is 0 Å². The van der Waals surface area contributed by atoms with E-state index in [1.807, 2.05) is 42.7 Å². The number of rotatable bonds is 4. The summed E-state index contributed by atoms with van der Waals surface area (Å²) in [6, 6.07) is 11.7. The Hall–Kier alpha value is -2.99. The van der Waals surface area contributed by atoms with E-state index in [-0.39, 0.29) is 12.4 Å². The highest BCUT2D eigenvalue weighted by Crippen LogP contribution is 2.34. The molecule has 6 nitrogen and oxygen atoms in total. The maximum Gasteiger partial charge on any atom is 0.162 e. The molecule has 0 aliphatic carbocycles. The lowest BCUT2D eigenvalue weighted by molar-refractivity contribution is 0.356. The van der Waals surface area contributed by atoms with Gasteiger partial charge < -0.3 is 19.8 Å². The van der Waals surface area contributed by atoms with E-state index < -0.39 is 0 Å². The van der Waals surface area contributed by atoms with Gasteiger partial charge >= 0.3 is 0 Å². The fraction of sp³-hybridized carbons (Fsp3) is 0.158. The molecule has 0 aliphatic heterocycles. The van der Waals surface area contributed by atoms with Crippen LogP contribution in [0.3, 0.4) is 0 Å². The monoisotopic (exact) mass is 370 g/mol. The van der Waals surface area contributed by atoms with Crippen LogP contribution in [-0.2, 0) is 6.54 Å². The summed E-state index contributed by atoms with van der Waals surface area (Å²) >= 11 is 0. The molecule has 0 radical (unpaired) electrons. The predicted molar refractivity (Wildman–Crippen MR) is 105 cm³/mol. The van der Waals surface area contributed by atoms with Gasteiger partial charge in [0, 0.05) is 23.7 Å². The number of halogens is 1. The van der Waals surface area contributed by atoms with Gasteiger partial charge in [0.25, 0.3) is 0 Å². The van der Waals surface area contributed by atoms with Gasteiger partial charge in [-0.05, 0) is 23.8 Å². The third-order valence-corrected chi connectivity index (χ3v) is 4.28. The fourth-order valence-corrected chi connectivity index (χ4v) is 3.02. The standard InChI is InChI=1S/C19H18N4O2.ClH/c1-24-17-7-14-15(8-18(17)25-2)21-9-16-19(14)23(11-22-16)10-12-3-5-13(20)6-4-12;/h3-9,11H,10,20H2,1-2H3;1H. The van der Waals surface area contributed by atoms with Crippen LogP contribution in [0, 0.1) is 0 Å². The van der Waals surface area contributed by atoms with Crippen molar-refractivity contribution in [2.75, 3.05) is 20.0 Å². The molecule has 2 heterocycles. The van der Waals surface area contributed by atoms with Crippen LogP contribution in [0.5, 0.6) is 11.5 Å². The van der Waals surface area contributed by atoms with Crippen LogP contribution in [0.25, 0.3) is 21.9 Å². The number of hydrogen-bond acceptors (Lipinski definition) is 5. The highest BCUT2D eigenvalue weighted by molar-refractivity contribution is 6.03. The zero-order valence-corrected chi connectivity index (χ0v) is 15.3. The molecule has 2 N–H and O–H groups in total. The van der Waals surface area contributed by atoms with Gasteiger partial charge in [0.2, 0.25) is 0 Å². The van der Waals surface area contributed by atoms with Gasteiger partial charge in [0.1, 0.15) is 5.52 Å². The Labute approximate surface area is 157 Å². The summed E-state index contributed by atoms with van der Waals surface area (Å²) in [5, 5.41) is 0.975. The van der Waals surface area contributed by atoms with Gasteiger partial charge in [-0.1, -0.05) is 12.1 Å². The largest absolute Gasteiger partial charge is 0.493 e.